The molecule has 0 N–H and O–H groups in total. The molecule has 0 heterocycles. The zero-order chi connectivity index (χ0) is 12.8. The average Bonchev–Trinajstić information content (AvgIpc) is 2.46. The van der Waals surface area contributed by atoms with E-state index in [1.165, 1.54) is 0 Å². The van der Waals surface area contributed by atoms with Gasteiger partial charge in [0.25, 0.3) is 0 Å². The summed E-state index contributed by atoms with van der Waals surface area (Å²) < 4.78 is 5.17. The molecule has 0 spiro atoms. The number of benzene rings is 2. The third-order valence-electron chi connectivity index (χ3n) is 2.46. The number of hydrogen-bond acceptors (Lipinski definition) is 3. The van der Waals surface area contributed by atoms with Gasteiger partial charge in [0, 0.05) is 0 Å². The normalized spacial score (nSPS) is 9.50. The van der Waals surface area contributed by atoms with Crippen molar-refractivity contribution in [1.82, 2.24) is 0 Å². The second-order valence-electron chi connectivity index (χ2n) is 3.75. The lowest BCUT2D eigenvalue weighted by atomic mass is 10.1. The van der Waals surface area contributed by atoms with Crippen molar-refractivity contribution < 1.29 is 9.53 Å². The minimum Gasteiger partial charge on any atom is -0.457 e. The maximum atomic E-state index is 11.7. The van der Waals surface area contributed by atoms with Crippen molar-refractivity contribution >= 4 is 5.97 Å². The molecule has 88 valence electrons. The van der Waals surface area contributed by atoms with Gasteiger partial charge in [0.2, 0.25) is 0 Å². The predicted molar refractivity (Wildman–Crippen MR) is 66.7 cm³/mol. The van der Waals surface area contributed by atoms with Crippen molar-refractivity contribution in [2.45, 2.75) is 6.61 Å². The first-order chi connectivity index (χ1) is 8.79. The first-order valence-electron chi connectivity index (χ1n) is 5.51. The SMILES string of the molecule is N#Cc1ccc(COC(=O)c2ccccc2)cc1. The topological polar surface area (TPSA) is 50.1 Å². The molecule has 3 heteroatoms. The fraction of sp³-hybridized carbons (Fsp3) is 0.0667. The highest BCUT2D eigenvalue weighted by atomic mass is 16.5. The van der Waals surface area contributed by atoms with Crippen LogP contribution in [-0.2, 0) is 11.3 Å². The van der Waals surface area contributed by atoms with Crippen LogP contribution in [0.4, 0.5) is 0 Å². The lowest BCUT2D eigenvalue weighted by molar-refractivity contribution is 0.0472. The highest BCUT2D eigenvalue weighted by molar-refractivity contribution is 5.89. The van der Waals surface area contributed by atoms with Crippen LogP contribution in [0.3, 0.4) is 0 Å². The molecule has 0 aliphatic carbocycles. The smallest absolute Gasteiger partial charge is 0.338 e. The first-order valence-corrected chi connectivity index (χ1v) is 5.51. The van der Waals surface area contributed by atoms with Crippen LogP contribution in [-0.4, -0.2) is 5.97 Å². The van der Waals surface area contributed by atoms with Crippen molar-refractivity contribution in [1.29, 1.82) is 5.26 Å². The van der Waals surface area contributed by atoms with E-state index in [4.69, 9.17) is 10.00 Å². The second-order valence-corrected chi connectivity index (χ2v) is 3.75. The summed E-state index contributed by atoms with van der Waals surface area (Å²) in [7, 11) is 0. The van der Waals surface area contributed by atoms with E-state index in [2.05, 4.69) is 0 Å². The number of carbonyl (C=O) groups excluding carboxylic acids is 1. The molecule has 0 saturated heterocycles. The van der Waals surface area contributed by atoms with Gasteiger partial charge >= 0.3 is 5.97 Å². The Morgan fingerprint density at radius 2 is 1.72 bits per heavy atom. The summed E-state index contributed by atoms with van der Waals surface area (Å²) in [6.07, 6.45) is 0. The lowest BCUT2D eigenvalue weighted by Gasteiger charge is -2.04. The van der Waals surface area contributed by atoms with Crippen molar-refractivity contribution in [2.75, 3.05) is 0 Å². The van der Waals surface area contributed by atoms with Gasteiger partial charge < -0.3 is 4.74 Å². The molecule has 0 bridgehead atoms. The molecule has 0 aromatic heterocycles. The van der Waals surface area contributed by atoms with Gasteiger partial charge in [0.1, 0.15) is 6.61 Å². The van der Waals surface area contributed by atoms with Gasteiger partial charge in [-0.3, -0.25) is 0 Å². The number of esters is 1. The van der Waals surface area contributed by atoms with Gasteiger partial charge in [-0.2, -0.15) is 5.26 Å². The molecule has 3 nitrogen and oxygen atoms in total. The monoisotopic (exact) mass is 237 g/mol. The molecule has 2 aromatic rings. The largest absolute Gasteiger partial charge is 0.457 e. The number of ether oxygens (including phenoxy) is 1. The van der Waals surface area contributed by atoms with Crippen LogP contribution in [0, 0.1) is 11.3 Å². The van der Waals surface area contributed by atoms with Gasteiger partial charge in [-0.1, -0.05) is 30.3 Å². The Kier molecular flexibility index (Phi) is 3.72. The van der Waals surface area contributed by atoms with Crippen molar-refractivity contribution in [3.63, 3.8) is 0 Å². The number of rotatable bonds is 3. The minimum absolute atomic E-state index is 0.208. The predicted octanol–water partition coefficient (Wildman–Crippen LogP) is 2.92. The second kappa shape index (κ2) is 5.65. The fourth-order valence-electron chi connectivity index (χ4n) is 1.48. The molecule has 2 aromatic carbocycles. The molecule has 0 radical (unpaired) electrons. The molecule has 0 fully saturated rings. The molecule has 0 aliphatic heterocycles. The molecule has 0 atom stereocenters. The maximum Gasteiger partial charge on any atom is 0.338 e. The average molecular weight is 237 g/mol. The molecule has 0 unspecified atom stereocenters. The molecule has 0 aliphatic rings. The molecule has 0 saturated carbocycles. The maximum absolute atomic E-state index is 11.7. The Balaban J connectivity index is 1.95. The van der Waals surface area contributed by atoms with E-state index in [9.17, 15) is 4.79 Å². The van der Waals surface area contributed by atoms with Gasteiger partial charge in [-0.25, -0.2) is 4.79 Å². The Morgan fingerprint density at radius 3 is 2.33 bits per heavy atom. The van der Waals surface area contributed by atoms with Crippen LogP contribution in [0.25, 0.3) is 0 Å². The summed E-state index contributed by atoms with van der Waals surface area (Å²) >= 11 is 0. The van der Waals surface area contributed by atoms with Crippen LogP contribution in [0.15, 0.2) is 54.6 Å². The van der Waals surface area contributed by atoms with Crippen LogP contribution in [0.2, 0.25) is 0 Å². The number of nitrogens with zero attached hydrogens (tertiary/aromatic N) is 1. The van der Waals surface area contributed by atoms with E-state index in [0.29, 0.717) is 11.1 Å². The summed E-state index contributed by atoms with van der Waals surface area (Å²) in [4.78, 5) is 11.7. The highest BCUT2D eigenvalue weighted by Gasteiger charge is 2.05. The van der Waals surface area contributed by atoms with Gasteiger partial charge in [0.15, 0.2) is 0 Å². The number of carbonyl (C=O) groups is 1. The summed E-state index contributed by atoms with van der Waals surface area (Å²) in [5.41, 5.74) is 1.98. The molecular formula is C15H11NO2. The summed E-state index contributed by atoms with van der Waals surface area (Å²) in [5.74, 6) is -0.347. The fourth-order valence-corrected chi connectivity index (χ4v) is 1.48. The third kappa shape index (κ3) is 2.96. The number of nitriles is 1. The van der Waals surface area contributed by atoms with E-state index in [0.717, 1.165) is 5.56 Å². The van der Waals surface area contributed by atoms with Gasteiger partial charge in [-0.15, -0.1) is 0 Å². The molecule has 18 heavy (non-hydrogen) atoms. The molecule has 2 rings (SSSR count). The zero-order valence-electron chi connectivity index (χ0n) is 9.67. The van der Waals surface area contributed by atoms with Crippen molar-refractivity contribution in [3.8, 4) is 6.07 Å². The number of hydrogen-bond donors (Lipinski definition) is 0. The van der Waals surface area contributed by atoms with Crippen LogP contribution < -0.4 is 0 Å². The Labute approximate surface area is 105 Å². The van der Waals surface area contributed by atoms with Crippen LogP contribution in [0.1, 0.15) is 21.5 Å². The van der Waals surface area contributed by atoms with Crippen LogP contribution in [0.5, 0.6) is 0 Å². The van der Waals surface area contributed by atoms with E-state index >= 15 is 0 Å². The van der Waals surface area contributed by atoms with Gasteiger partial charge in [0.05, 0.1) is 17.2 Å². The van der Waals surface area contributed by atoms with Gasteiger partial charge in [-0.05, 0) is 29.8 Å². The van der Waals surface area contributed by atoms with E-state index in [1.54, 1.807) is 48.5 Å². The quantitative estimate of drug-likeness (QED) is 0.771. The summed E-state index contributed by atoms with van der Waals surface area (Å²) in [5, 5.41) is 8.66. The molecular weight excluding hydrogens is 226 g/mol. The lowest BCUT2D eigenvalue weighted by Crippen LogP contribution is -2.04. The summed E-state index contributed by atoms with van der Waals surface area (Å²) in [6, 6.07) is 17.8. The molecule has 0 amide bonds. The Hall–Kier alpha value is -2.60. The van der Waals surface area contributed by atoms with E-state index in [-0.39, 0.29) is 12.6 Å². The van der Waals surface area contributed by atoms with Crippen molar-refractivity contribution in [3.05, 3.63) is 71.3 Å². The van der Waals surface area contributed by atoms with Crippen molar-refractivity contribution in [2.24, 2.45) is 0 Å². The standard InChI is InChI=1S/C15H11NO2/c16-10-12-6-8-13(9-7-12)11-18-15(17)14-4-2-1-3-5-14/h1-9H,11H2. The highest BCUT2D eigenvalue weighted by Crippen LogP contribution is 2.07. The minimum atomic E-state index is -0.347. The van der Waals surface area contributed by atoms with E-state index < -0.39 is 0 Å². The Bertz CT molecular complexity index is 568. The zero-order valence-corrected chi connectivity index (χ0v) is 9.67. The van der Waals surface area contributed by atoms with E-state index in [1.807, 2.05) is 12.1 Å². The first kappa shape index (κ1) is 11.9. The Morgan fingerprint density at radius 1 is 1.06 bits per heavy atom. The summed E-state index contributed by atoms with van der Waals surface area (Å²) in [6.45, 7) is 0.208. The third-order valence-corrected chi connectivity index (χ3v) is 2.46. The van der Waals surface area contributed by atoms with Crippen LogP contribution >= 0.6 is 0 Å².